The predicted molar refractivity (Wildman–Crippen MR) is 179 cm³/mol. The van der Waals surface area contributed by atoms with Crippen molar-refractivity contribution in [2.24, 2.45) is 0 Å². The summed E-state index contributed by atoms with van der Waals surface area (Å²) in [4.78, 5) is 2.37. The summed E-state index contributed by atoms with van der Waals surface area (Å²) in [6.07, 6.45) is 6.77. The molecule has 0 bridgehead atoms. The van der Waals surface area contributed by atoms with E-state index in [4.69, 9.17) is 9.47 Å². The SMILES string of the molecule is Cc1cc(-c2ccccc2)cc(C)c1-c1cn2[n+](c1)C13c4c(cccc4-2)N2c4ccccc4Oc4ccc(c1c42)Oc1cccc[n+]13. The Bertz CT molecular complexity index is 2490. The van der Waals surface area contributed by atoms with E-state index in [9.17, 15) is 0 Å². The molecule has 4 aliphatic rings. The lowest BCUT2D eigenvalue weighted by molar-refractivity contribution is -0.997. The summed E-state index contributed by atoms with van der Waals surface area (Å²) in [6.45, 7) is 4.45. The molecule has 1 unspecified atom stereocenters. The van der Waals surface area contributed by atoms with Crippen LogP contribution in [0.15, 0.2) is 134 Å². The van der Waals surface area contributed by atoms with Crippen LogP contribution in [0.25, 0.3) is 27.9 Å². The number of nitrogens with zero attached hydrogens (tertiary/aromatic N) is 4. The molecule has 11 rings (SSSR count). The van der Waals surface area contributed by atoms with Crippen LogP contribution < -0.4 is 23.6 Å². The quantitative estimate of drug-likeness (QED) is 0.184. The molecule has 2 aromatic heterocycles. The molecular formula is C41H28N4O2+2. The van der Waals surface area contributed by atoms with Gasteiger partial charge >= 0.3 is 11.5 Å². The maximum atomic E-state index is 6.71. The molecule has 0 saturated heterocycles. The lowest BCUT2D eigenvalue weighted by Crippen LogP contribution is -2.76. The van der Waals surface area contributed by atoms with E-state index in [-0.39, 0.29) is 0 Å². The van der Waals surface area contributed by atoms with Crippen molar-refractivity contribution in [1.29, 1.82) is 0 Å². The Morgan fingerprint density at radius 3 is 2.21 bits per heavy atom. The molecule has 0 radical (unpaired) electrons. The number of benzene rings is 5. The highest BCUT2D eigenvalue weighted by atomic mass is 16.5. The van der Waals surface area contributed by atoms with Crippen LogP contribution in [0.4, 0.5) is 17.1 Å². The van der Waals surface area contributed by atoms with Gasteiger partial charge in [-0.1, -0.05) is 65.2 Å². The fourth-order valence-electron chi connectivity index (χ4n) is 8.56. The number of para-hydroxylation sites is 2. The Hall–Kier alpha value is -6.14. The van der Waals surface area contributed by atoms with Gasteiger partial charge < -0.3 is 14.4 Å². The summed E-state index contributed by atoms with van der Waals surface area (Å²) < 4.78 is 20.4. The molecule has 6 nitrogen and oxygen atoms in total. The second-order valence-electron chi connectivity index (χ2n) is 12.8. The Kier molecular flexibility index (Phi) is 4.57. The number of hydrogen-bond acceptors (Lipinski definition) is 3. The molecule has 4 aliphatic heterocycles. The maximum Gasteiger partial charge on any atom is 0.449 e. The van der Waals surface area contributed by atoms with Gasteiger partial charge in [0.15, 0.2) is 34.6 Å². The lowest BCUT2D eigenvalue weighted by Gasteiger charge is -2.41. The highest BCUT2D eigenvalue weighted by Gasteiger charge is 2.72. The predicted octanol–water partition coefficient (Wildman–Crippen LogP) is 8.61. The third-order valence-electron chi connectivity index (χ3n) is 10.3. The average molecular weight is 609 g/mol. The van der Waals surface area contributed by atoms with E-state index in [1.807, 2.05) is 24.3 Å². The van der Waals surface area contributed by atoms with Crippen molar-refractivity contribution in [3.63, 3.8) is 0 Å². The van der Waals surface area contributed by atoms with E-state index in [0.717, 1.165) is 51.4 Å². The summed E-state index contributed by atoms with van der Waals surface area (Å²) in [5, 5.41) is 0. The van der Waals surface area contributed by atoms with Gasteiger partial charge in [-0.25, -0.2) is 0 Å². The molecule has 0 saturated carbocycles. The number of aryl methyl sites for hydroxylation is 2. The van der Waals surface area contributed by atoms with Gasteiger partial charge in [-0.2, -0.15) is 0 Å². The van der Waals surface area contributed by atoms with Crippen LogP contribution in [0.3, 0.4) is 0 Å². The number of fused-ring (bicyclic) bond motifs is 6. The largest absolute Gasteiger partial charge is 0.453 e. The van der Waals surface area contributed by atoms with E-state index < -0.39 is 5.66 Å². The standard InChI is InChI=1S/C41H28N4O2/c1-25-21-28(27-11-4-3-5-12-27)22-26(2)37(25)29-23-43-31-14-10-15-32-38(31)41(44(43)24-29)39-34(47-36-17-8-9-20-42(36)41)18-19-35-40(39)45(32)30-13-6-7-16-33(30)46-35/h3-24H,1-2H3/q+2. The fraction of sp³-hybridized carbons (Fsp3) is 0.0732. The van der Waals surface area contributed by atoms with Gasteiger partial charge in [0.05, 0.1) is 29.2 Å². The third kappa shape index (κ3) is 2.96. The van der Waals surface area contributed by atoms with Crippen LogP contribution >= 0.6 is 0 Å². The molecule has 1 atom stereocenters. The highest BCUT2D eigenvalue weighted by Crippen LogP contribution is 2.63. The smallest absolute Gasteiger partial charge is 0.449 e. The number of ether oxygens (including phenoxy) is 2. The minimum Gasteiger partial charge on any atom is -0.453 e. The molecule has 1 spiro atoms. The number of rotatable bonds is 2. The van der Waals surface area contributed by atoms with Crippen molar-refractivity contribution in [2.45, 2.75) is 19.5 Å². The van der Waals surface area contributed by atoms with Crippen molar-refractivity contribution in [3.8, 4) is 51.1 Å². The second kappa shape index (κ2) is 8.56. The average Bonchev–Trinajstić information content (AvgIpc) is 3.65. The zero-order chi connectivity index (χ0) is 31.0. The number of aromatic nitrogens is 3. The molecule has 5 aromatic carbocycles. The van der Waals surface area contributed by atoms with Gasteiger partial charge in [0.25, 0.3) is 0 Å². The molecule has 6 heteroatoms. The highest BCUT2D eigenvalue weighted by molar-refractivity contribution is 5.95. The van der Waals surface area contributed by atoms with E-state index >= 15 is 0 Å². The van der Waals surface area contributed by atoms with Crippen molar-refractivity contribution < 1.29 is 18.7 Å². The van der Waals surface area contributed by atoms with Gasteiger partial charge in [0, 0.05) is 6.07 Å². The summed E-state index contributed by atoms with van der Waals surface area (Å²) in [5.41, 5.74) is 13.2. The Morgan fingerprint density at radius 1 is 0.596 bits per heavy atom. The zero-order valence-corrected chi connectivity index (χ0v) is 25.8. The second-order valence-corrected chi connectivity index (χ2v) is 12.8. The Balaban J connectivity index is 1.23. The van der Waals surface area contributed by atoms with E-state index in [2.05, 4.69) is 142 Å². The molecule has 222 valence electrons. The van der Waals surface area contributed by atoms with Gasteiger partial charge in [0.1, 0.15) is 11.4 Å². The summed E-state index contributed by atoms with van der Waals surface area (Å²) >= 11 is 0. The van der Waals surface area contributed by atoms with Crippen molar-refractivity contribution in [2.75, 3.05) is 4.90 Å². The minimum atomic E-state index is -0.752. The van der Waals surface area contributed by atoms with Gasteiger partial charge in [-0.15, -0.1) is 4.68 Å². The summed E-state index contributed by atoms with van der Waals surface area (Å²) in [6, 6.07) is 40.5. The van der Waals surface area contributed by atoms with Crippen LogP contribution in [0.5, 0.6) is 23.1 Å². The van der Waals surface area contributed by atoms with Crippen molar-refractivity contribution in [1.82, 2.24) is 4.68 Å². The molecular weight excluding hydrogens is 580 g/mol. The van der Waals surface area contributed by atoms with Crippen LogP contribution in [0.2, 0.25) is 0 Å². The first-order valence-electron chi connectivity index (χ1n) is 16.0. The monoisotopic (exact) mass is 608 g/mol. The van der Waals surface area contributed by atoms with E-state index in [1.54, 1.807) is 0 Å². The Labute approximate surface area is 271 Å². The zero-order valence-electron chi connectivity index (χ0n) is 25.8. The van der Waals surface area contributed by atoms with Gasteiger partial charge in [-0.3, -0.25) is 0 Å². The number of hydrogen-bond donors (Lipinski definition) is 0. The van der Waals surface area contributed by atoms with Crippen LogP contribution in [0, 0.1) is 13.8 Å². The number of pyridine rings is 1. The fourth-order valence-corrected chi connectivity index (χ4v) is 8.56. The molecule has 0 amide bonds. The van der Waals surface area contributed by atoms with Crippen LogP contribution in [-0.4, -0.2) is 4.68 Å². The summed E-state index contributed by atoms with van der Waals surface area (Å²) in [7, 11) is 0. The number of anilines is 3. The van der Waals surface area contributed by atoms with Crippen molar-refractivity contribution >= 4 is 17.1 Å². The minimum absolute atomic E-state index is 0.752. The molecule has 0 N–H and O–H groups in total. The molecule has 7 aromatic rings. The molecule has 47 heavy (non-hydrogen) atoms. The van der Waals surface area contributed by atoms with Crippen LogP contribution in [-0.2, 0) is 5.66 Å². The summed E-state index contributed by atoms with van der Waals surface area (Å²) in [5.74, 6) is 3.27. The Morgan fingerprint density at radius 2 is 1.34 bits per heavy atom. The maximum absolute atomic E-state index is 6.71. The van der Waals surface area contributed by atoms with Gasteiger partial charge in [-0.05, 0) is 88.8 Å². The topological polar surface area (TPSA) is 34.4 Å². The van der Waals surface area contributed by atoms with E-state index in [0.29, 0.717) is 0 Å². The third-order valence-corrected chi connectivity index (χ3v) is 10.3. The first-order chi connectivity index (χ1) is 23.1. The van der Waals surface area contributed by atoms with Gasteiger partial charge in [0.2, 0.25) is 6.20 Å². The molecule has 0 fully saturated rings. The molecule has 0 aliphatic carbocycles. The molecule has 6 heterocycles. The first kappa shape index (κ1) is 25.1. The van der Waals surface area contributed by atoms with Crippen molar-refractivity contribution in [3.05, 3.63) is 156 Å². The van der Waals surface area contributed by atoms with Crippen LogP contribution in [0.1, 0.15) is 22.3 Å². The first-order valence-corrected chi connectivity index (χ1v) is 16.0. The van der Waals surface area contributed by atoms with E-state index in [1.165, 1.54) is 38.9 Å². The normalized spacial score (nSPS) is 16.7. The lowest BCUT2D eigenvalue weighted by atomic mass is 9.81.